The zero-order chi connectivity index (χ0) is 15.0. The maximum atomic E-state index is 11.4. The zero-order valence-electron chi connectivity index (χ0n) is 12.4. The molecule has 0 aliphatic carbocycles. The summed E-state index contributed by atoms with van der Waals surface area (Å²) in [6, 6.07) is 7.77. The summed E-state index contributed by atoms with van der Waals surface area (Å²) in [5, 5.41) is 0. The van der Waals surface area contributed by atoms with Gasteiger partial charge in [0.15, 0.2) is 0 Å². The number of hydrazine groups is 1. The summed E-state index contributed by atoms with van der Waals surface area (Å²) >= 11 is 0. The highest BCUT2D eigenvalue weighted by Crippen LogP contribution is 2.16. The summed E-state index contributed by atoms with van der Waals surface area (Å²) in [5.74, 6) is 4.68. The number of nitrogens with one attached hydrogen (secondary N) is 1. The molecular formula is C15H24N2O3. The van der Waals surface area contributed by atoms with Crippen LogP contribution in [0.2, 0.25) is 0 Å². The van der Waals surface area contributed by atoms with Crippen LogP contribution in [0.5, 0.6) is 0 Å². The van der Waals surface area contributed by atoms with Gasteiger partial charge in [-0.25, -0.2) is 5.84 Å². The van der Waals surface area contributed by atoms with Crippen LogP contribution in [0.3, 0.4) is 0 Å². The molecule has 0 saturated heterocycles. The van der Waals surface area contributed by atoms with Gasteiger partial charge in [-0.2, -0.15) is 0 Å². The van der Waals surface area contributed by atoms with E-state index in [0.717, 1.165) is 11.1 Å². The molecule has 112 valence electrons. The fourth-order valence-corrected chi connectivity index (χ4v) is 1.75. The number of ether oxygens (including phenoxy) is 2. The Morgan fingerprint density at radius 2 is 1.95 bits per heavy atom. The molecule has 1 aromatic carbocycles. The van der Waals surface area contributed by atoms with E-state index >= 15 is 0 Å². The lowest BCUT2D eigenvalue weighted by molar-refractivity contribution is -0.122. The zero-order valence-corrected chi connectivity index (χ0v) is 12.4. The molecule has 0 aliphatic heterocycles. The second-order valence-corrected chi connectivity index (χ2v) is 4.75. The van der Waals surface area contributed by atoms with Crippen molar-refractivity contribution in [3.8, 4) is 0 Å². The predicted octanol–water partition coefficient (Wildman–Crippen LogP) is 1.72. The van der Waals surface area contributed by atoms with Crippen LogP contribution >= 0.6 is 0 Å². The van der Waals surface area contributed by atoms with E-state index in [1.54, 1.807) is 0 Å². The number of nitrogens with two attached hydrogens (primary N) is 1. The van der Waals surface area contributed by atoms with E-state index in [4.69, 9.17) is 15.3 Å². The summed E-state index contributed by atoms with van der Waals surface area (Å²) in [4.78, 5) is 11.4. The minimum atomic E-state index is -0.258. The summed E-state index contributed by atoms with van der Waals surface area (Å²) in [6.45, 7) is 7.59. The van der Waals surface area contributed by atoms with Gasteiger partial charge in [0.1, 0.15) is 0 Å². The van der Waals surface area contributed by atoms with Crippen molar-refractivity contribution in [2.24, 2.45) is 5.84 Å². The van der Waals surface area contributed by atoms with E-state index in [1.807, 2.05) is 45.0 Å². The lowest BCUT2D eigenvalue weighted by Gasteiger charge is -2.14. The molecule has 20 heavy (non-hydrogen) atoms. The van der Waals surface area contributed by atoms with Gasteiger partial charge in [0, 0.05) is 6.61 Å². The quantitative estimate of drug-likeness (QED) is 0.432. The third kappa shape index (κ3) is 5.28. The highest BCUT2D eigenvalue weighted by Gasteiger charge is 2.13. The largest absolute Gasteiger partial charge is 0.379 e. The fourth-order valence-electron chi connectivity index (χ4n) is 1.75. The van der Waals surface area contributed by atoms with Gasteiger partial charge >= 0.3 is 0 Å². The lowest BCUT2D eigenvalue weighted by Crippen LogP contribution is -2.33. The fraction of sp³-hybridized carbons (Fsp3) is 0.533. The summed E-state index contributed by atoms with van der Waals surface area (Å²) in [7, 11) is 0. The van der Waals surface area contributed by atoms with Crippen molar-refractivity contribution in [3.63, 3.8) is 0 Å². The Hall–Kier alpha value is -1.43. The Morgan fingerprint density at radius 1 is 1.30 bits per heavy atom. The molecule has 0 fully saturated rings. The van der Waals surface area contributed by atoms with Crippen LogP contribution in [0, 0.1) is 0 Å². The first-order chi connectivity index (χ1) is 9.58. The summed E-state index contributed by atoms with van der Waals surface area (Å²) in [6.07, 6.45) is 0.0663. The summed E-state index contributed by atoms with van der Waals surface area (Å²) < 4.78 is 11.0. The molecule has 1 rings (SSSR count). The van der Waals surface area contributed by atoms with Crippen molar-refractivity contribution in [2.75, 3.05) is 13.2 Å². The van der Waals surface area contributed by atoms with Crippen LogP contribution in [-0.4, -0.2) is 25.2 Å². The molecule has 0 heterocycles. The molecular weight excluding hydrogens is 256 g/mol. The third-order valence-electron chi connectivity index (χ3n) is 3.11. The maximum Gasteiger partial charge on any atom is 0.241 e. The molecule has 5 heteroatoms. The number of carbonyl (C=O) groups is 1. The Labute approximate surface area is 120 Å². The van der Waals surface area contributed by atoms with Gasteiger partial charge in [0.25, 0.3) is 0 Å². The van der Waals surface area contributed by atoms with Gasteiger partial charge < -0.3 is 9.47 Å². The van der Waals surface area contributed by atoms with E-state index in [2.05, 4.69) is 5.43 Å². The van der Waals surface area contributed by atoms with Crippen molar-refractivity contribution in [1.82, 2.24) is 5.43 Å². The molecule has 2 unspecified atom stereocenters. The minimum Gasteiger partial charge on any atom is -0.379 e. The Morgan fingerprint density at radius 3 is 2.50 bits per heavy atom. The van der Waals surface area contributed by atoms with E-state index in [1.165, 1.54) is 0 Å². The lowest BCUT2D eigenvalue weighted by atomic mass is 9.99. The third-order valence-corrected chi connectivity index (χ3v) is 3.11. The van der Waals surface area contributed by atoms with Crippen molar-refractivity contribution in [3.05, 3.63) is 35.4 Å². The summed E-state index contributed by atoms with van der Waals surface area (Å²) in [5.41, 5.74) is 4.16. The van der Waals surface area contributed by atoms with Crippen molar-refractivity contribution in [2.45, 2.75) is 39.4 Å². The normalized spacial score (nSPS) is 13.8. The minimum absolute atomic E-state index is 0.0663. The highest BCUT2D eigenvalue weighted by atomic mass is 16.5. The molecule has 0 bridgehead atoms. The maximum absolute atomic E-state index is 11.4. The number of hydrogen-bond donors (Lipinski definition) is 2. The molecule has 0 saturated carbocycles. The van der Waals surface area contributed by atoms with Gasteiger partial charge in [0.2, 0.25) is 5.91 Å². The van der Waals surface area contributed by atoms with Gasteiger partial charge in [-0.3, -0.25) is 10.2 Å². The van der Waals surface area contributed by atoms with Crippen LogP contribution in [0.25, 0.3) is 0 Å². The first kappa shape index (κ1) is 16.6. The SMILES string of the molecule is CCOCC(C)OCc1ccc(C(C)C(=O)NN)cc1. The molecule has 0 spiro atoms. The topological polar surface area (TPSA) is 73.6 Å². The molecule has 1 amide bonds. The van der Waals surface area contributed by atoms with Gasteiger partial charge in [-0.15, -0.1) is 0 Å². The van der Waals surface area contributed by atoms with Crippen LogP contribution in [0.1, 0.15) is 37.8 Å². The van der Waals surface area contributed by atoms with E-state index < -0.39 is 0 Å². The first-order valence-electron chi connectivity index (χ1n) is 6.87. The van der Waals surface area contributed by atoms with Gasteiger partial charge in [-0.1, -0.05) is 24.3 Å². The van der Waals surface area contributed by atoms with E-state index in [9.17, 15) is 4.79 Å². The second kappa shape index (κ2) is 8.68. The van der Waals surface area contributed by atoms with Crippen LogP contribution in [0.4, 0.5) is 0 Å². The average Bonchev–Trinajstić information content (AvgIpc) is 2.49. The molecule has 5 nitrogen and oxygen atoms in total. The predicted molar refractivity (Wildman–Crippen MR) is 77.9 cm³/mol. The Balaban J connectivity index is 2.48. The number of amides is 1. The number of rotatable bonds is 8. The van der Waals surface area contributed by atoms with Crippen LogP contribution < -0.4 is 11.3 Å². The number of benzene rings is 1. The Kier molecular flexibility index (Phi) is 7.22. The molecule has 3 N–H and O–H groups in total. The monoisotopic (exact) mass is 280 g/mol. The average molecular weight is 280 g/mol. The first-order valence-corrected chi connectivity index (χ1v) is 6.87. The molecule has 2 atom stereocenters. The van der Waals surface area contributed by atoms with Crippen LogP contribution in [0.15, 0.2) is 24.3 Å². The highest BCUT2D eigenvalue weighted by molar-refractivity contribution is 5.82. The molecule has 1 aromatic rings. The number of carbonyl (C=O) groups excluding carboxylic acids is 1. The Bertz CT molecular complexity index is 406. The van der Waals surface area contributed by atoms with E-state index in [-0.39, 0.29) is 17.9 Å². The molecule has 0 aliphatic rings. The van der Waals surface area contributed by atoms with Crippen molar-refractivity contribution in [1.29, 1.82) is 0 Å². The molecule has 0 aromatic heterocycles. The molecule has 0 radical (unpaired) electrons. The number of hydrogen-bond acceptors (Lipinski definition) is 4. The smallest absolute Gasteiger partial charge is 0.241 e. The van der Waals surface area contributed by atoms with Gasteiger partial charge in [0.05, 0.1) is 25.2 Å². The van der Waals surface area contributed by atoms with Crippen molar-refractivity contribution < 1.29 is 14.3 Å². The standard InChI is InChI=1S/C15H24N2O3/c1-4-19-9-11(2)20-10-13-5-7-14(8-6-13)12(3)15(18)17-16/h5-8,11-12H,4,9-10,16H2,1-3H3,(H,17,18). The van der Waals surface area contributed by atoms with Crippen molar-refractivity contribution >= 4 is 5.91 Å². The van der Waals surface area contributed by atoms with Crippen LogP contribution in [-0.2, 0) is 20.9 Å². The second-order valence-electron chi connectivity index (χ2n) is 4.75. The van der Waals surface area contributed by atoms with E-state index in [0.29, 0.717) is 19.8 Å². The van der Waals surface area contributed by atoms with Gasteiger partial charge in [-0.05, 0) is 31.9 Å².